The molecule has 6 nitrogen and oxygen atoms in total. The largest absolute Gasteiger partial charge is 0.497 e. The van der Waals surface area contributed by atoms with Gasteiger partial charge in [0.1, 0.15) is 5.75 Å². The number of benzene rings is 2. The molecule has 0 aliphatic rings. The number of nitrogens with two attached hydrogens (primary N) is 1. The summed E-state index contributed by atoms with van der Waals surface area (Å²) >= 11 is 0. The average Bonchev–Trinajstić information content (AvgIpc) is 2.55. The maximum atomic E-state index is 12.3. The van der Waals surface area contributed by atoms with Crippen LogP contribution < -0.4 is 21.1 Å². The highest BCUT2D eigenvalue weighted by Crippen LogP contribution is 2.18. The van der Waals surface area contributed by atoms with Crippen molar-refractivity contribution in [2.75, 3.05) is 12.4 Å². The summed E-state index contributed by atoms with van der Waals surface area (Å²) in [5, 5.41) is 5.41. The van der Waals surface area contributed by atoms with E-state index in [1.165, 1.54) is 0 Å². The Kier molecular flexibility index (Phi) is 5.19. The molecule has 120 valence electrons. The van der Waals surface area contributed by atoms with Gasteiger partial charge in [-0.25, -0.2) is 4.79 Å². The standard InChI is InChI=1S/C17H19N3O3/c1-11(12-6-8-14(9-7-12)20-17(18)22)19-16(21)13-4-3-5-15(10-13)23-2/h3-11H,1-2H3,(H,19,21)(H3,18,20,22)/t11-/m1/s1. The number of urea groups is 1. The van der Waals surface area contributed by atoms with Gasteiger partial charge in [-0.05, 0) is 42.8 Å². The fraction of sp³-hybridized carbons (Fsp3) is 0.176. The van der Waals surface area contributed by atoms with Crippen LogP contribution in [0.1, 0.15) is 28.9 Å². The first-order valence-electron chi connectivity index (χ1n) is 7.11. The summed E-state index contributed by atoms with van der Waals surface area (Å²) in [6.07, 6.45) is 0. The lowest BCUT2D eigenvalue weighted by molar-refractivity contribution is 0.0939. The van der Waals surface area contributed by atoms with Crippen LogP contribution in [0.4, 0.5) is 10.5 Å². The minimum Gasteiger partial charge on any atom is -0.497 e. The molecule has 0 heterocycles. The summed E-state index contributed by atoms with van der Waals surface area (Å²) in [5.41, 5.74) is 7.11. The number of nitrogens with one attached hydrogen (secondary N) is 2. The highest BCUT2D eigenvalue weighted by Gasteiger charge is 2.12. The highest BCUT2D eigenvalue weighted by molar-refractivity contribution is 5.94. The maximum absolute atomic E-state index is 12.3. The van der Waals surface area contributed by atoms with Gasteiger partial charge in [0.05, 0.1) is 13.2 Å². The van der Waals surface area contributed by atoms with Gasteiger partial charge in [-0.3, -0.25) is 4.79 Å². The number of carbonyl (C=O) groups is 2. The first kappa shape index (κ1) is 16.4. The van der Waals surface area contributed by atoms with Gasteiger partial charge in [0.2, 0.25) is 0 Å². The third-order valence-electron chi connectivity index (χ3n) is 3.36. The third kappa shape index (κ3) is 4.47. The van der Waals surface area contributed by atoms with Crippen molar-refractivity contribution in [3.8, 4) is 5.75 Å². The second-order valence-electron chi connectivity index (χ2n) is 5.04. The van der Waals surface area contributed by atoms with Crippen molar-refractivity contribution in [2.45, 2.75) is 13.0 Å². The zero-order chi connectivity index (χ0) is 16.8. The van der Waals surface area contributed by atoms with E-state index in [1.807, 2.05) is 19.1 Å². The molecule has 0 saturated heterocycles. The van der Waals surface area contributed by atoms with Crippen LogP contribution in [0.15, 0.2) is 48.5 Å². The summed E-state index contributed by atoms with van der Waals surface area (Å²) in [5.74, 6) is 0.447. The molecule has 1 atom stereocenters. The molecule has 23 heavy (non-hydrogen) atoms. The Morgan fingerprint density at radius 3 is 2.43 bits per heavy atom. The molecule has 2 aromatic carbocycles. The van der Waals surface area contributed by atoms with Crippen LogP contribution >= 0.6 is 0 Å². The van der Waals surface area contributed by atoms with E-state index in [9.17, 15) is 9.59 Å². The Labute approximate surface area is 134 Å². The average molecular weight is 313 g/mol. The van der Waals surface area contributed by atoms with Gasteiger partial charge in [0.15, 0.2) is 0 Å². The normalized spacial score (nSPS) is 11.4. The predicted octanol–water partition coefficient (Wildman–Crippen LogP) is 2.68. The van der Waals surface area contributed by atoms with Gasteiger partial charge >= 0.3 is 6.03 Å². The minimum atomic E-state index is -0.614. The molecule has 0 unspecified atom stereocenters. The third-order valence-corrected chi connectivity index (χ3v) is 3.36. The number of primary amides is 1. The Morgan fingerprint density at radius 2 is 1.83 bits per heavy atom. The van der Waals surface area contributed by atoms with Gasteiger partial charge in [0.25, 0.3) is 5.91 Å². The molecule has 2 aromatic rings. The number of ether oxygens (including phenoxy) is 1. The fourth-order valence-corrected chi connectivity index (χ4v) is 2.13. The van der Waals surface area contributed by atoms with Crippen molar-refractivity contribution in [3.05, 3.63) is 59.7 Å². The van der Waals surface area contributed by atoms with Crippen LogP contribution in [-0.4, -0.2) is 19.0 Å². The van der Waals surface area contributed by atoms with Crippen molar-refractivity contribution in [1.29, 1.82) is 0 Å². The summed E-state index contributed by atoms with van der Waals surface area (Å²) in [6, 6.07) is 13.3. The van der Waals surface area contributed by atoms with E-state index in [-0.39, 0.29) is 11.9 Å². The summed E-state index contributed by atoms with van der Waals surface area (Å²) < 4.78 is 5.11. The zero-order valence-corrected chi connectivity index (χ0v) is 13.0. The monoisotopic (exact) mass is 313 g/mol. The predicted molar refractivity (Wildman–Crippen MR) is 88.5 cm³/mol. The lowest BCUT2D eigenvalue weighted by Gasteiger charge is -2.15. The van der Waals surface area contributed by atoms with Crippen molar-refractivity contribution >= 4 is 17.6 Å². The molecule has 0 aliphatic heterocycles. The molecule has 0 bridgehead atoms. The second-order valence-corrected chi connectivity index (χ2v) is 5.04. The molecule has 3 amide bonds. The molecule has 0 radical (unpaired) electrons. The summed E-state index contributed by atoms with van der Waals surface area (Å²) in [4.78, 5) is 23.1. The number of amides is 3. The Hall–Kier alpha value is -3.02. The molecule has 4 N–H and O–H groups in total. The highest BCUT2D eigenvalue weighted by atomic mass is 16.5. The number of hydrogen-bond donors (Lipinski definition) is 3. The Morgan fingerprint density at radius 1 is 1.13 bits per heavy atom. The number of hydrogen-bond acceptors (Lipinski definition) is 3. The van der Waals surface area contributed by atoms with E-state index in [0.29, 0.717) is 17.0 Å². The van der Waals surface area contributed by atoms with E-state index in [0.717, 1.165) is 5.56 Å². The minimum absolute atomic E-state index is 0.184. The smallest absolute Gasteiger partial charge is 0.316 e. The Balaban J connectivity index is 2.04. The van der Waals surface area contributed by atoms with Crippen molar-refractivity contribution in [1.82, 2.24) is 5.32 Å². The molecule has 0 saturated carbocycles. The van der Waals surface area contributed by atoms with E-state index in [1.54, 1.807) is 43.5 Å². The van der Waals surface area contributed by atoms with Crippen LogP contribution in [0.2, 0.25) is 0 Å². The molecular weight excluding hydrogens is 294 g/mol. The topological polar surface area (TPSA) is 93.4 Å². The van der Waals surface area contributed by atoms with Gasteiger partial charge < -0.3 is 21.1 Å². The molecule has 0 spiro atoms. The number of anilines is 1. The van der Waals surface area contributed by atoms with E-state index in [2.05, 4.69) is 10.6 Å². The molecule has 0 aliphatic carbocycles. The summed E-state index contributed by atoms with van der Waals surface area (Å²) in [7, 11) is 1.56. The van der Waals surface area contributed by atoms with Crippen LogP contribution in [-0.2, 0) is 0 Å². The number of methoxy groups -OCH3 is 1. The van der Waals surface area contributed by atoms with Crippen LogP contribution in [0.5, 0.6) is 5.75 Å². The molecule has 0 aromatic heterocycles. The van der Waals surface area contributed by atoms with E-state index in [4.69, 9.17) is 10.5 Å². The molecule has 6 heteroatoms. The number of carbonyl (C=O) groups excluding carboxylic acids is 2. The lowest BCUT2D eigenvalue weighted by Crippen LogP contribution is -2.26. The second kappa shape index (κ2) is 7.31. The van der Waals surface area contributed by atoms with Crippen molar-refractivity contribution in [3.63, 3.8) is 0 Å². The molecule has 2 rings (SSSR count). The molecule has 0 fully saturated rings. The Bertz CT molecular complexity index is 698. The first-order chi connectivity index (χ1) is 11.0. The first-order valence-corrected chi connectivity index (χ1v) is 7.11. The molecular formula is C17H19N3O3. The maximum Gasteiger partial charge on any atom is 0.316 e. The van der Waals surface area contributed by atoms with Gasteiger partial charge in [-0.1, -0.05) is 18.2 Å². The lowest BCUT2D eigenvalue weighted by atomic mass is 10.1. The van der Waals surface area contributed by atoms with Crippen LogP contribution in [0.3, 0.4) is 0 Å². The van der Waals surface area contributed by atoms with Gasteiger partial charge in [0, 0.05) is 11.3 Å². The quantitative estimate of drug-likeness (QED) is 0.792. The van der Waals surface area contributed by atoms with Crippen molar-refractivity contribution < 1.29 is 14.3 Å². The summed E-state index contributed by atoms with van der Waals surface area (Å²) in [6.45, 7) is 1.88. The van der Waals surface area contributed by atoms with Gasteiger partial charge in [-0.2, -0.15) is 0 Å². The number of rotatable bonds is 5. The van der Waals surface area contributed by atoms with Crippen LogP contribution in [0, 0.1) is 0 Å². The fourth-order valence-electron chi connectivity index (χ4n) is 2.13. The zero-order valence-electron chi connectivity index (χ0n) is 13.0. The van der Waals surface area contributed by atoms with E-state index < -0.39 is 6.03 Å². The van der Waals surface area contributed by atoms with E-state index >= 15 is 0 Å². The van der Waals surface area contributed by atoms with Crippen molar-refractivity contribution in [2.24, 2.45) is 5.73 Å². The SMILES string of the molecule is COc1cccc(C(=O)N[C@H](C)c2ccc(NC(N)=O)cc2)c1. The van der Waals surface area contributed by atoms with Crippen LogP contribution in [0.25, 0.3) is 0 Å². The van der Waals surface area contributed by atoms with Gasteiger partial charge in [-0.15, -0.1) is 0 Å².